The lowest BCUT2D eigenvalue weighted by Crippen LogP contribution is -2.17. The smallest absolute Gasteiger partial charge is 0.196 e. The van der Waals surface area contributed by atoms with Gasteiger partial charge in [0.1, 0.15) is 5.75 Å². The van der Waals surface area contributed by atoms with Crippen LogP contribution in [-0.2, 0) is 4.74 Å². The molecule has 0 aliphatic heterocycles. The Hall–Kier alpha value is -1.80. The van der Waals surface area contributed by atoms with Crippen molar-refractivity contribution in [3.8, 4) is 5.75 Å². The molecule has 0 N–H and O–H groups in total. The predicted octanol–water partition coefficient (Wildman–Crippen LogP) is 7.05. The molecular weight excluding hydrogens is 332 g/mol. The summed E-state index contributed by atoms with van der Waals surface area (Å²) in [4.78, 5) is 0. The van der Waals surface area contributed by atoms with Gasteiger partial charge in [-0.05, 0) is 61.6 Å². The first-order valence-electron chi connectivity index (χ1n) is 10.3. The van der Waals surface area contributed by atoms with E-state index in [9.17, 15) is 0 Å². The van der Waals surface area contributed by atoms with Gasteiger partial charge in [0.15, 0.2) is 6.29 Å². The fraction of sp³-hybridized carbons (Fsp3) is 0.520. The molecule has 0 saturated carbocycles. The Bertz CT molecular complexity index is 635. The van der Waals surface area contributed by atoms with Gasteiger partial charge in [-0.3, -0.25) is 0 Å². The van der Waals surface area contributed by atoms with E-state index >= 15 is 0 Å². The topological polar surface area (TPSA) is 18.5 Å². The zero-order chi connectivity index (χ0) is 19.6. The van der Waals surface area contributed by atoms with Gasteiger partial charge in [-0.2, -0.15) is 0 Å². The SMILES string of the molecule is CC(C)CC(c1ccc(OC(C)OCCC2=CC=CC=CC2)cc1)C(C)C. The molecule has 0 radical (unpaired) electrons. The third-order valence-corrected chi connectivity index (χ3v) is 4.99. The highest BCUT2D eigenvalue weighted by Gasteiger charge is 2.17. The van der Waals surface area contributed by atoms with Gasteiger partial charge < -0.3 is 9.47 Å². The summed E-state index contributed by atoms with van der Waals surface area (Å²) in [5.74, 6) is 2.82. The summed E-state index contributed by atoms with van der Waals surface area (Å²) in [5.41, 5.74) is 2.79. The van der Waals surface area contributed by atoms with Crippen molar-refractivity contribution in [2.75, 3.05) is 6.61 Å². The summed E-state index contributed by atoms with van der Waals surface area (Å²) < 4.78 is 11.8. The van der Waals surface area contributed by atoms with E-state index in [0.717, 1.165) is 18.6 Å². The van der Waals surface area contributed by atoms with Gasteiger partial charge >= 0.3 is 0 Å². The van der Waals surface area contributed by atoms with Crippen LogP contribution in [0.25, 0.3) is 0 Å². The molecule has 0 spiro atoms. The number of hydrogen-bond acceptors (Lipinski definition) is 2. The summed E-state index contributed by atoms with van der Waals surface area (Å²) in [7, 11) is 0. The molecule has 0 fully saturated rings. The predicted molar refractivity (Wildman–Crippen MR) is 115 cm³/mol. The van der Waals surface area contributed by atoms with E-state index < -0.39 is 0 Å². The van der Waals surface area contributed by atoms with Crippen LogP contribution in [0.2, 0.25) is 0 Å². The second-order valence-corrected chi connectivity index (χ2v) is 8.20. The van der Waals surface area contributed by atoms with Crippen molar-refractivity contribution in [3.05, 3.63) is 65.8 Å². The van der Waals surface area contributed by atoms with E-state index in [0.29, 0.717) is 24.4 Å². The minimum Gasteiger partial charge on any atom is -0.465 e. The van der Waals surface area contributed by atoms with Crippen molar-refractivity contribution in [2.45, 2.75) is 66.1 Å². The van der Waals surface area contributed by atoms with Crippen LogP contribution in [0.15, 0.2) is 60.2 Å². The van der Waals surface area contributed by atoms with E-state index in [1.54, 1.807) is 0 Å². The number of benzene rings is 1. The van der Waals surface area contributed by atoms with Crippen molar-refractivity contribution in [2.24, 2.45) is 11.8 Å². The summed E-state index contributed by atoms with van der Waals surface area (Å²) >= 11 is 0. The number of allylic oxidation sites excluding steroid dienone is 5. The first-order chi connectivity index (χ1) is 13.0. The molecule has 0 amide bonds. The number of ether oxygens (including phenoxy) is 2. The maximum atomic E-state index is 5.94. The molecule has 148 valence electrons. The Labute approximate surface area is 166 Å². The highest BCUT2D eigenvalue weighted by Crippen LogP contribution is 2.32. The number of rotatable bonds is 10. The van der Waals surface area contributed by atoms with Crippen LogP contribution < -0.4 is 4.74 Å². The zero-order valence-electron chi connectivity index (χ0n) is 17.7. The summed E-state index contributed by atoms with van der Waals surface area (Å²) in [6.45, 7) is 11.8. The lowest BCUT2D eigenvalue weighted by Gasteiger charge is -2.24. The van der Waals surface area contributed by atoms with Crippen molar-refractivity contribution in [1.82, 2.24) is 0 Å². The third-order valence-electron chi connectivity index (χ3n) is 4.99. The molecule has 27 heavy (non-hydrogen) atoms. The molecule has 0 saturated heterocycles. The van der Waals surface area contributed by atoms with Gasteiger partial charge in [0.25, 0.3) is 0 Å². The van der Waals surface area contributed by atoms with Gasteiger partial charge in [0.05, 0.1) is 6.61 Å². The Morgan fingerprint density at radius 2 is 1.67 bits per heavy atom. The lowest BCUT2D eigenvalue weighted by atomic mass is 9.82. The maximum Gasteiger partial charge on any atom is 0.196 e. The van der Waals surface area contributed by atoms with E-state index in [1.807, 2.05) is 6.92 Å². The monoisotopic (exact) mass is 368 g/mol. The summed E-state index contributed by atoms with van der Waals surface area (Å²) in [6.07, 6.45) is 13.5. The van der Waals surface area contributed by atoms with Crippen LogP contribution >= 0.6 is 0 Å². The largest absolute Gasteiger partial charge is 0.465 e. The Morgan fingerprint density at radius 3 is 2.33 bits per heavy atom. The van der Waals surface area contributed by atoms with Crippen molar-refractivity contribution in [3.63, 3.8) is 0 Å². The van der Waals surface area contributed by atoms with E-state index in [-0.39, 0.29) is 6.29 Å². The average molecular weight is 369 g/mol. The van der Waals surface area contributed by atoms with Crippen LogP contribution in [0.4, 0.5) is 0 Å². The molecule has 2 heteroatoms. The molecule has 0 aromatic heterocycles. The molecule has 2 nitrogen and oxygen atoms in total. The highest BCUT2D eigenvalue weighted by molar-refractivity contribution is 5.30. The van der Waals surface area contributed by atoms with Crippen LogP contribution in [0, 0.1) is 11.8 Å². The normalized spacial score (nSPS) is 16.3. The molecular formula is C25H36O2. The zero-order valence-corrected chi connectivity index (χ0v) is 17.7. The first kappa shape index (κ1) is 21.5. The highest BCUT2D eigenvalue weighted by atomic mass is 16.7. The summed E-state index contributed by atoms with van der Waals surface area (Å²) in [5, 5.41) is 0. The summed E-state index contributed by atoms with van der Waals surface area (Å²) in [6, 6.07) is 8.58. The Balaban J connectivity index is 1.81. The molecule has 2 atom stereocenters. The van der Waals surface area contributed by atoms with Crippen LogP contribution in [-0.4, -0.2) is 12.9 Å². The maximum absolute atomic E-state index is 5.94. The quantitative estimate of drug-likeness (QED) is 0.412. The molecule has 0 heterocycles. The second-order valence-electron chi connectivity index (χ2n) is 8.20. The van der Waals surface area contributed by atoms with Gasteiger partial charge in [-0.25, -0.2) is 0 Å². The minimum atomic E-state index is -0.245. The molecule has 1 aliphatic carbocycles. The van der Waals surface area contributed by atoms with E-state index in [2.05, 4.69) is 82.3 Å². The average Bonchev–Trinajstić information content (AvgIpc) is 2.89. The molecule has 1 aromatic carbocycles. The van der Waals surface area contributed by atoms with Crippen molar-refractivity contribution >= 4 is 0 Å². The minimum absolute atomic E-state index is 0.245. The fourth-order valence-corrected chi connectivity index (χ4v) is 3.48. The first-order valence-corrected chi connectivity index (χ1v) is 10.3. The van der Waals surface area contributed by atoms with Gasteiger partial charge in [-0.15, -0.1) is 0 Å². The van der Waals surface area contributed by atoms with Crippen LogP contribution in [0.5, 0.6) is 5.75 Å². The molecule has 2 rings (SSSR count). The van der Waals surface area contributed by atoms with Crippen LogP contribution in [0.1, 0.15) is 65.4 Å². The fourth-order valence-electron chi connectivity index (χ4n) is 3.48. The molecule has 2 unspecified atom stereocenters. The van der Waals surface area contributed by atoms with Gasteiger partial charge in [0, 0.05) is 0 Å². The van der Waals surface area contributed by atoms with Crippen molar-refractivity contribution in [1.29, 1.82) is 0 Å². The number of hydrogen-bond donors (Lipinski definition) is 0. The standard InChI is InChI=1S/C25H36O2/c1-19(2)18-25(20(3)4)23-12-14-24(15-13-23)27-21(5)26-17-16-22-10-8-6-7-9-11-22/h6-10,12-15,19-21,25H,11,16-18H2,1-5H3. The van der Waals surface area contributed by atoms with E-state index in [1.165, 1.54) is 17.6 Å². The molecule has 1 aliphatic rings. The van der Waals surface area contributed by atoms with Gasteiger partial charge in [-0.1, -0.05) is 75.8 Å². The van der Waals surface area contributed by atoms with Crippen LogP contribution in [0.3, 0.4) is 0 Å². The Kier molecular flexibility index (Phi) is 8.87. The Morgan fingerprint density at radius 1 is 0.926 bits per heavy atom. The third kappa shape index (κ3) is 7.76. The second kappa shape index (κ2) is 11.1. The molecule has 0 bridgehead atoms. The van der Waals surface area contributed by atoms with E-state index in [4.69, 9.17) is 9.47 Å². The lowest BCUT2D eigenvalue weighted by molar-refractivity contribution is -0.0654. The van der Waals surface area contributed by atoms with Gasteiger partial charge in [0.2, 0.25) is 0 Å². The van der Waals surface area contributed by atoms with Crippen molar-refractivity contribution < 1.29 is 9.47 Å². The molecule has 1 aromatic rings.